The lowest BCUT2D eigenvalue weighted by molar-refractivity contribution is -0.137. The van der Waals surface area contributed by atoms with E-state index in [9.17, 15) is 13.2 Å². The molecule has 0 unspecified atom stereocenters. The highest BCUT2D eigenvalue weighted by atomic mass is 19.4. The fourth-order valence-corrected chi connectivity index (χ4v) is 3.43. The minimum absolute atomic E-state index is 0.266. The van der Waals surface area contributed by atoms with E-state index in [-0.39, 0.29) is 5.75 Å². The van der Waals surface area contributed by atoms with Crippen LogP contribution in [0.4, 0.5) is 13.2 Å². The predicted molar refractivity (Wildman–Crippen MR) is 94.0 cm³/mol. The third-order valence-corrected chi connectivity index (χ3v) is 4.70. The number of hydrogen-bond acceptors (Lipinski definition) is 3. The molecule has 2 aromatic rings. The molecule has 3 nitrogen and oxygen atoms in total. The van der Waals surface area contributed by atoms with Gasteiger partial charge < -0.3 is 4.74 Å². The Bertz CT molecular complexity index is 691. The maximum atomic E-state index is 12.7. The summed E-state index contributed by atoms with van der Waals surface area (Å²) in [6.45, 7) is 2.29. The maximum absolute atomic E-state index is 12.7. The molecule has 1 fully saturated rings. The summed E-state index contributed by atoms with van der Waals surface area (Å²) in [6.07, 6.45) is 3.61. The Labute approximate surface area is 151 Å². The Kier molecular flexibility index (Phi) is 6.14. The second kappa shape index (κ2) is 8.54. The number of hydrogen-bond donors (Lipinski definition) is 0. The summed E-state index contributed by atoms with van der Waals surface area (Å²) in [7, 11) is 0. The molecular formula is C20H23F3N2O. The Morgan fingerprint density at radius 2 is 2.04 bits per heavy atom. The van der Waals surface area contributed by atoms with Gasteiger partial charge in [-0.2, -0.15) is 13.2 Å². The molecule has 0 aliphatic carbocycles. The lowest BCUT2D eigenvalue weighted by Gasteiger charge is -2.35. The third kappa shape index (κ3) is 4.97. The molecule has 0 saturated carbocycles. The molecule has 2 heterocycles. The number of benzene rings is 1. The first-order valence-corrected chi connectivity index (χ1v) is 8.98. The van der Waals surface area contributed by atoms with E-state index in [1.807, 2.05) is 12.3 Å². The molecule has 3 rings (SSSR count). The van der Waals surface area contributed by atoms with Crippen LogP contribution in [-0.2, 0) is 6.18 Å². The van der Waals surface area contributed by atoms with E-state index >= 15 is 0 Å². The summed E-state index contributed by atoms with van der Waals surface area (Å²) in [5.74, 6) is 0.266. The SMILES string of the molecule is FC(F)(F)c1cccc(OCCCN2CCCC[C@H]2c2cccnc2)c1. The van der Waals surface area contributed by atoms with Crippen LogP contribution in [0.25, 0.3) is 0 Å². The molecule has 1 atom stereocenters. The third-order valence-electron chi connectivity index (χ3n) is 4.70. The van der Waals surface area contributed by atoms with Gasteiger partial charge in [0.2, 0.25) is 0 Å². The first-order valence-electron chi connectivity index (χ1n) is 8.98. The molecule has 0 radical (unpaired) electrons. The van der Waals surface area contributed by atoms with E-state index in [0.29, 0.717) is 12.6 Å². The van der Waals surface area contributed by atoms with Gasteiger partial charge in [0, 0.05) is 25.0 Å². The minimum Gasteiger partial charge on any atom is -0.494 e. The molecule has 1 aliphatic heterocycles. The van der Waals surface area contributed by atoms with Gasteiger partial charge >= 0.3 is 6.18 Å². The van der Waals surface area contributed by atoms with Gasteiger partial charge in [-0.15, -0.1) is 0 Å². The molecule has 0 spiro atoms. The van der Waals surface area contributed by atoms with Crippen molar-refractivity contribution in [2.45, 2.75) is 37.9 Å². The highest BCUT2D eigenvalue weighted by Crippen LogP contribution is 2.32. The number of ether oxygens (including phenoxy) is 1. The number of likely N-dealkylation sites (tertiary alicyclic amines) is 1. The Balaban J connectivity index is 1.51. The number of halogens is 3. The summed E-state index contributed by atoms with van der Waals surface area (Å²) < 4.78 is 43.7. The maximum Gasteiger partial charge on any atom is 0.416 e. The first kappa shape index (κ1) is 18.7. The van der Waals surface area contributed by atoms with Gasteiger partial charge in [-0.1, -0.05) is 18.6 Å². The number of aromatic nitrogens is 1. The minimum atomic E-state index is -4.34. The van der Waals surface area contributed by atoms with Gasteiger partial charge in [0.05, 0.1) is 12.2 Å². The zero-order valence-corrected chi connectivity index (χ0v) is 14.6. The first-order chi connectivity index (χ1) is 12.5. The van der Waals surface area contributed by atoms with Gasteiger partial charge in [-0.05, 0) is 55.6 Å². The average Bonchev–Trinajstić information content (AvgIpc) is 2.66. The normalized spacial score (nSPS) is 18.7. The van der Waals surface area contributed by atoms with E-state index in [4.69, 9.17) is 4.74 Å². The van der Waals surface area contributed by atoms with Crippen molar-refractivity contribution >= 4 is 0 Å². The van der Waals surface area contributed by atoms with Gasteiger partial charge in [0.15, 0.2) is 0 Å². The number of piperidine rings is 1. The molecule has 1 aliphatic rings. The molecule has 0 bridgehead atoms. The zero-order chi connectivity index (χ0) is 18.4. The van der Waals surface area contributed by atoms with Gasteiger partial charge in [0.25, 0.3) is 0 Å². The predicted octanol–water partition coefficient (Wildman–Crippen LogP) is 5.10. The number of alkyl halides is 3. The van der Waals surface area contributed by atoms with E-state index in [1.54, 1.807) is 12.3 Å². The van der Waals surface area contributed by atoms with Crippen LogP contribution in [0.5, 0.6) is 5.75 Å². The van der Waals surface area contributed by atoms with Gasteiger partial charge in [-0.25, -0.2) is 0 Å². The van der Waals surface area contributed by atoms with Crippen LogP contribution >= 0.6 is 0 Å². The van der Waals surface area contributed by atoms with Crippen molar-refractivity contribution < 1.29 is 17.9 Å². The van der Waals surface area contributed by atoms with Crippen LogP contribution in [0.2, 0.25) is 0 Å². The van der Waals surface area contributed by atoms with Crippen LogP contribution in [0.3, 0.4) is 0 Å². The van der Waals surface area contributed by atoms with E-state index in [1.165, 1.54) is 24.5 Å². The van der Waals surface area contributed by atoms with Crippen molar-refractivity contribution in [2.75, 3.05) is 19.7 Å². The second-order valence-electron chi connectivity index (χ2n) is 6.56. The molecule has 140 valence electrons. The summed E-state index contributed by atoms with van der Waals surface area (Å²) >= 11 is 0. The molecule has 1 aromatic carbocycles. The molecule has 1 aromatic heterocycles. The van der Waals surface area contributed by atoms with Gasteiger partial charge in [0.1, 0.15) is 5.75 Å². The monoisotopic (exact) mass is 364 g/mol. The average molecular weight is 364 g/mol. The molecule has 0 amide bonds. The molecule has 1 saturated heterocycles. The highest BCUT2D eigenvalue weighted by molar-refractivity contribution is 5.30. The van der Waals surface area contributed by atoms with Crippen molar-refractivity contribution in [3.63, 3.8) is 0 Å². The van der Waals surface area contributed by atoms with Crippen molar-refractivity contribution in [2.24, 2.45) is 0 Å². The van der Waals surface area contributed by atoms with Crippen LogP contribution in [0, 0.1) is 0 Å². The summed E-state index contributed by atoms with van der Waals surface area (Å²) in [5, 5.41) is 0. The number of pyridine rings is 1. The molecular weight excluding hydrogens is 341 g/mol. The molecule has 26 heavy (non-hydrogen) atoms. The van der Waals surface area contributed by atoms with E-state index < -0.39 is 11.7 Å². The second-order valence-corrected chi connectivity index (χ2v) is 6.56. The standard InChI is InChI=1S/C20H23F3N2O/c21-20(22,23)17-7-3-8-18(14-17)26-13-5-12-25-11-2-1-9-19(25)16-6-4-10-24-15-16/h3-4,6-8,10,14-15,19H,1-2,5,9,11-13H2/t19-/m0/s1. The molecule has 6 heteroatoms. The van der Waals surface area contributed by atoms with Crippen molar-refractivity contribution in [3.05, 3.63) is 59.9 Å². The van der Waals surface area contributed by atoms with Crippen LogP contribution in [-0.4, -0.2) is 29.6 Å². The van der Waals surface area contributed by atoms with E-state index in [0.717, 1.165) is 38.1 Å². The summed E-state index contributed by atoms with van der Waals surface area (Å²) in [5.41, 5.74) is 0.550. The van der Waals surface area contributed by atoms with Crippen molar-refractivity contribution in [1.29, 1.82) is 0 Å². The highest BCUT2D eigenvalue weighted by Gasteiger charge is 2.30. The van der Waals surface area contributed by atoms with E-state index in [2.05, 4.69) is 16.0 Å². The van der Waals surface area contributed by atoms with Crippen LogP contribution in [0.1, 0.15) is 42.9 Å². The summed E-state index contributed by atoms with van der Waals surface area (Å²) in [4.78, 5) is 6.64. The van der Waals surface area contributed by atoms with Crippen molar-refractivity contribution in [1.82, 2.24) is 9.88 Å². The Morgan fingerprint density at radius 3 is 2.81 bits per heavy atom. The topological polar surface area (TPSA) is 25.4 Å². The smallest absolute Gasteiger partial charge is 0.416 e. The summed E-state index contributed by atoms with van der Waals surface area (Å²) in [6, 6.07) is 9.48. The quantitative estimate of drug-likeness (QED) is 0.667. The Morgan fingerprint density at radius 1 is 1.15 bits per heavy atom. The Hall–Kier alpha value is -2.08. The largest absolute Gasteiger partial charge is 0.494 e. The lowest BCUT2D eigenvalue weighted by atomic mass is 9.96. The van der Waals surface area contributed by atoms with Gasteiger partial charge in [-0.3, -0.25) is 9.88 Å². The lowest BCUT2D eigenvalue weighted by Crippen LogP contribution is -2.34. The van der Waals surface area contributed by atoms with Crippen LogP contribution < -0.4 is 4.74 Å². The zero-order valence-electron chi connectivity index (χ0n) is 14.6. The number of rotatable bonds is 6. The molecule has 0 N–H and O–H groups in total. The van der Waals surface area contributed by atoms with Crippen molar-refractivity contribution in [3.8, 4) is 5.75 Å². The fraction of sp³-hybridized carbons (Fsp3) is 0.450. The number of nitrogens with zero attached hydrogens (tertiary/aromatic N) is 2. The fourth-order valence-electron chi connectivity index (χ4n) is 3.43. The van der Waals surface area contributed by atoms with Crippen LogP contribution in [0.15, 0.2) is 48.8 Å².